The largest absolute Gasteiger partial charge is 0.476 e. The van der Waals surface area contributed by atoms with E-state index in [2.05, 4.69) is 10.3 Å². The van der Waals surface area contributed by atoms with Gasteiger partial charge in [0.05, 0.1) is 17.8 Å². The Morgan fingerprint density at radius 2 is 2.20 bits per heavy atom. The van der Waals surface area contributed by atoms with Crippen LogP contribution in [0.15, 0.2) is 23.6 Å². The van der Waals surface area contributed by atoms with Gasteiger partial charge >= 0.3 is 5.97 Å². The zero-order valence-corrected chi connectivity index (χ0v) is 10.9. The number of carboxylic acid groups (broad SMARTS) is 1. The number of aromatic carboxylic acids is 1. The molecular formula is C12H10FN3O3S. The highest BCUT2D eigenvalue weighted by atomic mass is 32.1. The van der Waals surface area contributed by atoms with Crippen LogP contribution in [-0.4, -0.2) is 22.0 Å². The Bertz CT molecular complexity index is 672. The van der Waals surface area contributed by atoms with Gasteiger partial charge < -0.3 is 16.2 Å². The highest BCUT2D eigenvalue weighted by molar-refractivity contribution is 7.09. The minimum Gasteiger partial charge on any atom is -0.476 e. The van der Waals surface area contributed by atoms with Gasteiger partial charge in [0.15, 0.2) is 5.69 Å². The third kappa shape index (κ3) is 2.91. The first kappa shape index (κ1) is 13.9. The normalized spacial score (nSPS) is 10.2. The molecular weight excluding hydrogens is 285 g/mol. The lowest BCUT2D eigenvalue weighted by molar-refractivity contribution is 0.0691. The fourth-order valence-corrected chi connectivity index (χ4v) is 2.29. The van der Waals surface area contributed by atoms with E-state index in [0.717, 1.165) is 17.4 Å². The van der Waals surface area contributed by atoms with Crippen LogP contribution in [0.3, 0.4) is 0 Å². The van der Waals surface area contributed by atoms with E-state index in [1.807, 2.05) is 0 Å². The average molecular weight is 295 g/mol. The lowest BCUT2D eigenvalue weighted by Gasteiger charge is -2.09. The molecule has 0 saturated heterocycles. The number of hydrogen-bond acceptors (Lipinski definition) is 5. The van der Waals surface area contributed by atoms with E-state index in [1.165, 1.54) is 17.5 Å². The smallest absolute Gasteiger partial charge is 0.355 e. The number of benzene rings is 1. The fourth-order valence-electron chi connectivity index (χ4n) is 1.58. The van der Waals surface area contributed by atoms with E-state index in [9.17, 15) is 14.0 Å². The van der Waals surface area contributed by atoms with Gasteiger partial charge in [-0.25, -0.2) is 14.2 Å². The van der Waals surface area contributed by atoms with E-state index < -0.39 is 17.7 Å². The van der Waals surface area contributed by atoms with E-state index in [-0.39, 0.29) is 23.5 Å². The van der Waals surface area contributed by atoms with E-state index >= 15 is 0 Å². The Labute approximate surface area is 117 Å². The predicted octanol–water partition coefficient (Wildman–Crippen LogP) is 1.69. The first-order valence-corrected chi connectivity index (χ1v) is 6.37. The number of nitrogens with two attached hydrogens (primary N) is 1. The Balaban J connectivity index is 2.16. The van der Waals surface area contributed by atoms with Crippen LogP contribution in [0.2, 0.25) is 0 Å². The molecule has 4 N–H and O–H groups in total. The summed E-state index contributed by atoms with van der Waals surface area (Å²) in [5.74, 6) is -2.71. The summed E-state index contributed by atoms with van der Waals surface area (Å²) in [5, 5.41) is 13.5. The number of halogens is 1. The van der Waals surface area contributed by atoms with Gasteiger partial charge in [-0.3, -0.25) is 4.79 Å². The van der Waals surface area contributed by atoms with Gasteiger partial charge in [-0.15, -0.1) is 11.3 Å². The Morgan fingerprint density at radius 1 is 1.45 bits per heavy atom. The number of primary amides is 1. The minimum atomic E-state index is -1.11. The summed E-state index contributed by atoms with van der Waals surface area (Å²) in [6.45, 7) is 0.168. The molecule has 0 aliphatic carbocycles. The lowest BCUT2D eigenvalue weighted by atomic mass is 10.1. The van der Waals surface area contributed by atoms with Gasteiger partial charge in [0, 0.05) is 5.38 Å². The van der Waals surface area contributed by atoms with Gasteiger partial charge in [-0.1, -0.05) is 6.07 Å². The quantitative estimate of drug-likeness (QED) is 0.778. The van der Waals surface area contributed by atoms with Crippen LogP contribution in [0.25, 0.3) is 0 Å². The van der Waals surface area contributed by atoms with Crippen molar-refractivity contribution in [1.29, 1.82) is 0 Å². The van der Waals surface area contributed by atoms with E-state index in [1.54, 1.807) is 0 Å². The summed E-state index contributed by atoms with van der Waals surface area (Å²) in [7, 11) is 0. The molecule has 0 saturated carbocycles. The van der Waals surface area contributed by atoms with Gasteiger partial charge in [0.1, 0.15) is 10.8 Å². The number of hydrogen-bond donors (Lipinski definition) is 3. The first-order chi connectivity index (χ1) is 9.49. The molecule has 20 heavy (non-hydrogen) atoms. The van der Waals surface area contributed by atoms with Crippen molar-refractivity contribution in [3.8, 4) is 0 Å². The number of anilines is 1. The average Bonchev–Trinajstić information content (AvgIpc) is 2.84. The molecule has 6 nitrogen and oxygen atoms in total. The molecule has 104 valence electrons. The maximum absolute atomic E-state index is 13.5. The summed E-state index contributed by atoms with van der Waals surface area (Å²) in [6, 6.07) is 4.08. The highest BCUT2D eigenvalue weighted by Gasteiger charge is 2.14. The summed E-state index contributed by atoms with van der Waals surface area (Å²) >= 11 is 1.15. The number of carbonyl (C=O) groups excluding carboxylic acids is 1. The second kappa shape index (κ2) is 5.66. The van der Waals surface area contributed by atoms with Crippen molar-refractivity contribution >= 4 is 28.9 Å². The third-order valence-corrected chi connectivity index (χ3v) is 3.31. The van der Waals surface area contributed by atoms with Crippen molar-refractivity contribution in [3.05, 3.63) is 45.7 Å². The second-order valence-electron chi connectivity index (χ2n) is 3.81. The van der Waals surface area contributed by atoms with Crippen LogP contribution in [-0.2, 0) is 6.54 Å². The molecule has 8 heteroatoms. The molecule has 1 aromatic carbocycles. The second-order valence-corrected chi connectivity index (χ2v) is 4.75. The van der Waals surface area contributed by atoms with Gasteiger partial charge in [-0.2, -0.15) is 0 Å². The minimum absolute atomic E-state index is 0.0545. The molecule has 1 aromatic heterocycles. The van der Waals surface area contributed by atoms with Crippen molar-refractivity contribution in [1.82, 2.24) is 4.98 Å². The Kier molecular flexibility index (Phi) is 3.94. The maximum atomic E-state index is 13.5. The van der Waals surface area contributed by atoms with Crippen LogP contribution in [0.1, 0.15) is 25.9 Å². The topological polar surface area (TPSA) is 105 Å². The van der Waals surface area contributed by atoms with Crippen LogP contribution in [0, 0.1) is 5.82 Å². The number of thiazole rings is 1. The van der Waals surface area contributed by atoms with Crippen molar-refractivity contribution < 1.29 is 19.1 Å². The molecule has 0 unspecified atom stereocenters. The van der Waals surface area contributed by atoms with Crippen LogP contribution < -0.4 is 11.1 Å². The Morgan fingerprint density at radius 3 is 2.80 bits per heavy atom. The summed E-state index contributed by atoms with van der Waals surface area (Å²) in [6.07, 6.45) is 0. The summed E-state index contributed by atoms with van der Waals surface area (Å²) in [5.41, 5.74) is 5.07. The van der Waals surface area contributed by atoms with E-state index in [4.69, 9.17) is 10.8 Å². The number of nitrogens with zero attached hydrogens (tertiary/aromatic N) is 1. The molecule has 0 fully saturated rings. The summed E-state index contributed by atoms with van der Waals surface area (Å²) < 4.78 is 13.5. The number of aromatic nitrogens is 1. The van der Waals surface area contributed by atoms with Crippen molar-refractivity contribution in [2.75, 3.05) is 5.32 Å². The van der Waals surface area contributed by atoms with E-state index in [0.29, 0.717) is 5.01 Å². The monoisotopic (exact) mass is 295 g/mol. The molecule has 0 atom stereocenters. The van der Waals surface area contributed by atoms with Crippen LogP contribution >= 0.6 is 11.3 Å². The lowest BCUT2D eigenvalue weighted by Crippen LogP contribution is -2.16. The molecule has 0 spiro atoms. The maximum Gasteiger partial charge on any atom is 0.355 e. The number of amides is 1. The standard InChI is InChI=1S/C12H10FN3O3S/c13-6-2-1-3-7(10(6)11(14)17)15-4-9-16-8(5-20-9)12(18)19/h1-3,5,15H,4H2,(H2,14,17)(H,18,19). The van der Waals surface area contributed by atoms with Crippen LogP contribution in [0.4, 0.5) is 10.1 Å². The predicted molar refractivity (Wildman–Crippen MR) is 71.3 cm³/mol. The molecule has 1 amide bonds. The Hall–Kier alpha value is -2.48. The molecule has 2 aromatic rings. The molecule has 0 aliphatic heterocycles. The van der Waals surface area contributed by atoms with Crippen molar-refractivity contribution in [2.45, 2.75) is 6.54 Å². The molecule has 1 heterocycles. The number of carboxylic acids is 1. The molecule has 2 rings (SSSR count). The zero-order valence-electron chi connectivity index (χ0n) is 10.1. The van der Waals surface area contributed by atoms with Crippen molar-refractivity contribution in [2.24, 2.45) is 5.73 Å². The molecule has 0 aliphatic rings. The zero-order chi connectivity index (χ0) is 14.7. The number of nitrogens with one attached hydrogen (secondary N) is 1. The third-order valence-electron chi connectivity index (χ3n) is 2.46. The van der Waals surface area contributed by atoms with Crippen LogP contribution in [0.5, 0.6) is 0 Å². The SMILES string of the molecule is NC(=O)c1c(F)cccc1NCc1nc(C(=O)O)cs1. The fraction of sp³-hybridized carbons (Fsp3) is 0.0833. The highest BCUT2D eigenvalue weighted by Crippen LogP contribution is 2.20. The first-order valence-electron chi connectivity index (χ1n) is 5.49. The molecule has 0 bridgehead atoms. The molecule has 0 radical (unpaired) electrons. The van der Waals surface area contributed by atoms with Crippen molar-refractivity contribution in [3.63, 3.8) is 0 Å². The number of carbonyl (C=O) groups is 2. The number of rotatable bonds is 5. The van der Waals surface area contributed by atoms with Gasteiger partial charge in [-0.05, 0) is 12.1 Å². The summed E-state index contributed by atoms with van der Waals surface area (Å²) in [4.78, 5) is 25.8. The van der Waals surface area contributed by atoms with Gasteiger partial charge in [0.2, 0.25) is 0 Å². The van der Waals surface area contributed by atoms with Gasteiger partial charge in [0.25, 0.3) is 5.91 Å².